The highest BCUT2D eigenvalue weighted by atomic mass is 16.5. The van der Waals surface area contributed by atoms with E-state index in [-0.39, 0.29) is 29.0 Å². The molecular formula is C21H28N2O3. The van der Waals surface area contributed by atoms with Crippen molar-refractivity contribution in [3.8, 4) is 5.75 Å². The average Bonchev–Trinajstić information content (AvgIpc) is 2.62. The van der Waals surface area contributed by atoms with Crippen LogP contribution in [0.4, 0.5) is 0 Å². The van der Waals surface area contributed by atoms with E-state index in [0.29, 0.717) is 23.7 Å². The summed E-state index contributed by atoms with van der Waals surface area (Å²) >= 11 is 0. The third kappa shape index (κ3) is 3.48. The molecule has 5 nitrogen and oxygen atoms in total. The fraction of sp³-hybridized carbons (Fsp3) is 0.524. The highest BCUT2D eigenvalue weighted by Gasteiger charge is 2.25. The number of carbonyl (C=O) groups is 1. The number of para-hydroxylation sites is 1. The van der Waals surface area contributed by atoms with Crippen LogP contribution in [0.25, 0.3) is 10.9 Å². The van der Waals surface area contributed by atoms with Gasteiger partial charge in [-0.25, -0.2) is 0 Å². The van der Waals surface area contributed by atoms with E-state index in [4.69, 9.17) is 4.74 Å². The number of aromatic nitrogens is 1. The number of nitrogens with one attached hydrogen (secondary N) is 1. The molecule has 0 radical (unpaired) electrons. The van der Waals surface area contributed by atoms with Crippen LogP contribution in [0.5, 0.6) is 5.75 Å². The highest BCUT2D eigenvalue weighted by molar-refractivity contribution is 5.98. The number of rotatable bonds is 6. The number of ether oxygens (including phenoxy) is 1. The van der Waals surface area contributed by atoms with Crippen molar-refractivity contribution >= 4 is 16.8 Å². The first kappa shape index (κ1) is 18.5. The Hall–Kier alpha value is -2.30. The molecule has 1 aliphatic rings. The molecule has 140 valence electrons. The van der Waals surface area contributed by atoms with Crippen molar-refractivity contribution in [1.82, 2.24) is 9.88 Å². The Morgan fingerprint density at radius 3 is 2.77 bits per heavy atom. The lowest BCUT2D eigenvalue weighted by atomic mass is 10.0. The first-order chi connectivity index (χ1) is 12.4. The first-order valence-corrected chi connectivity index (χ1v) is 9.53. The predicted octanol–water partition coefficient (Wildman–Crippen LogP) is 3.90. The third-order valence-electron chi connectivity index (χ3n) is 5.11. The smallest absolute Gasteiger partial charge is 0.256 e. The van der Waals surface area contributed by atoms with Crippen LogP contribution < -0.4 is 15.5 Å². The third-order valence-corrected chi connectivity index (χ3v) is 5.11. The Kier molecular flexibility index (Phi) is 5.35. The zero-order valence-corrected chi connectivity index (χ0v) is 16.0. The van der Waals surface area contributed by atoms with E-state index in [1.165, 1.54) is 0 Å². The van der Waals surface area contributed by atoms with Crippen LogP contribution in [0.2, 0.25) is 0 Å². The molecule has 3 rings (SSSR count). The standard InChI is InChI=1S/C21H28N2O3/c1-5-15-12-26-18-8-6-7-16-19(18)23(15)11-17(20(16)24)21(25)22-14(4)10-9-13(2)3/h6-8,11,13-15H,5,9-10,12H2,1-4H3,(H,22,25). The van der Waals surface area contributed by atoms with Crippen LogP contribution in [0.1, 0.15) is 63.4 Å². The molecule has 0 fully saturated rings. The van der Waals surface area contributed by atoms with Gasteiger partial charge in [-0.15, -0.1) is 0 Å². The summed E-state index contributed by atoms with van der Waals surface area (Å²) in [5.41, 5.74) is 0.776. The summed E-state index contributed by atoms with van der Waals surface area (Å²) in [5, 5.41) is 3.53. The van der Waals surface area contributed by atoms with Crippen molar-refractivity contribution in [1.29, 1.82) is 0 Å². The van der Waals surface area contributed by atoms with Crippen LogP contribution in [-0.2, 0) is 0 Å². The van der Waals surface area contributed by atoms with Crippen LogP contribution >= 0.6 is 0 Å². The van der Waals surface area contributed by atoms with Crippen molar-refractivity contribution in [3.63, 3.8) is 0 Å². The largest absolute Gasteiger partial charge is 0.489 e. The normalized spacial score (nSPS) is 17.2. The van der Waals surface area contributed by atoms with Crippen molar-refractivity contribution in [2.24, 2.45) is 5.92 Å². The van der Waals surface area contributed by atoms with E-state index in [2.05, 4.69) is 26.1 Å². The van der Waals surface area contributed by atoms with Crippen LogP contribution in [0, 0.1) is 5.92 Å². The van der Waals surface area contributed by atoms with Gasteiger partial charge in [0.05, 0.1) is 16.9 Å². The second-order valence-electron chi connectivity index (χ2n) is 7.65. The fourth-order valence-corrected chi connectivity index (χ4v) is 3.48. The lowest BCUT2D eigenvalue weighted by molar-refractivity contribution is 0.0935. The Morgan fingerprint density at radius 1 is 1.31 bits per heavy atom. The molecule has 1 amide bonds. The van der Waals surface area contributed by atoms with E-state index in [1.807, 2.05) is 23.6 Å². The van der Waals surface area contributed by atoms with Gasteiger partial charge in [-0.2, -0.15) is 0 Å². The first-order valence-electron chi connectivity index (χ1n) is 9.53. The maximum Gasteiger partial charge on any atom is 0.256 e. The summed E-state index contributed by atoms with van der Waals surface area (Å²) in [5.74, 6) is 1.01. The van der Waals surface area contributed by atoms with Crippen molar-refractivity contribution < 1.29 is 9.53 Å². The summed E-state index contributed by atoms with van der Waals surface area (Å²) in [7, 11) is 0. The maximum absolute atomic E-state index is 12.9. The van der Waals surface area contributed by atoms with Crippen LogP contribution in [0.15, 0.2) is 29.2 Å². The number of amides is 1. The molecule has 2 aromatic rings. The summed E-state index contributed by atoms with van der Waals surface area (Å²) in [6.07, 6.45) is 4.54. The predicted molar refractivity (Wildman–Crippen MR) is 104 cm³/mol. The minimum atomic E-state index is -0.288. The van der Waals surface area contributed by atoms with Crippen molar-refractivity contribution in [2.45, 2.75) is 59.0 Å². The molecule has 0 aliphatic carbocycles. The molecule has 2 heterocycles. The molecule has 2 unspecified atom stereocenters. The minimum Gasteiger partial charge on any atom is -0.489 e. The van der Waals surface area contributed by atoms with Crippen molar-refractivity contribution in [2.75, 3.05) is 6.61 Å². The summed E-state index contributed by atoms with van der Waals surface area (Å²) in [6.45, 7) is 8.96. The summed E-state index contributed by atoms with van der Waals surface area (Å²) < 4.78 is 7.86. The van der Waals surface area contributed by atoms with E-state index in [9.17, 15) is 9.59 Å². The number of benzene rings is 1. The monoisotopic (exact) mass is 356 g/mol. The number of nitrogens with zero attached hydrogens (tertiary/aromatic N) is 1. The molecule has 1 aromatic heterocycles. The molecule has 1 N–H and O–H groups in total. The quantitative estimate of drug-likeness (QED) is 0.854. The van der Waals surface area contributed by atoms with Gasteiger partial charge in [-0.05, 0) is 44.2 Å². The molecular weight excluding hydrogens is 328 g/mol. The zero-order valence-electron chi connectivity index (χ0n) is 16.0. The Bertz CT molecular complexity index is 869. The fourth-order valence-electron chi connectivity index (χ4n) is 3.48. The molecule has 1 aromatic carbocycles. The van der Waals surface area contributed by atoms with Crippen LogP contribution in [-0.4, -0.2) is 23.1 Å². The number of carbonyl (C=O) groups excluding carboxylic acids is 1. The Labute approximate surface area is 154 Å². The molecule has 5 heteroatoms. The van der Waals surface area contributed by atoms with E-state index in [0.717, 1.165) is 24.8 Å². The van der Waals surface area contributed by atoms with E-state index >= 15 is 0 Å². The number of pyridine rings is 1. The molecule has 2 atom stereocenters. The number of hydrogen-bond acceptors (Lipinski definition) is 3. The molecule has 0 saturated carbocycles. The zero-order chi connectivity index (χ0) is 18.8. The minimum absolute atomic E-state index is 0.0398. The van der Waals surface area contributed by atoms with Gasteiger partial charge in [0.1, 0.15) is 17.9 Å². The summed E-state index contributed by atoms with van der Waals surface area (Å²) in [4.78, 5) is 25.7. The molecule has 1 aliphatic heterocycles. The number of hydrogen-bond donors (Lipinski definition) is 1. The molecule has 26 heavy (non-hydrogen) atoms. The van der Waals surface area contributed by atoms with Gasteiger partial charge in [0, 0.05) is 12.2 Å². The second kappa shape index (κ2) is 7.52. The summed E-state index contributed by atoms with van der Waals surface area (Å²) in [6, 6.07) is 5.62. The average molecular weight is 356 g/mol. The second-order valence-corrected chi connectivity index (χ2v) is 7.65. The van der Waals surface area contributed by atoms with Gasteiger partial charge < -0.3 is 14.6 Å². The highest BCUT2D eigenvalue weighted by Crippen LogP contribution is 2.32. The van der Waals surface area contributed by atoms with Gasteiger partial charge in [0.15, 0.2) is 0 Å². The van der Waals surface area contributed by atoms with Gasteiger partial charge in [-0.1, -0.05) is 26.8 Å². The molecule has 0 spiro atoms. The van der Waals surface area contributed by atoms with Gasteiger partial charge >= 0.3 is 0 Å². The SMILES string of the molecule is CCC1COc2cccc3c(=O)c(C(=O)NC(C)CCC(C)C)cn1c23. The lowest BCUT2D eigenvalue weighted by Crippen LogP contribution is -2.37. The molecule has 0 saturated heterocycles. The molecule has 0 bridgehead atoms. The van der Waals surface area contributed by atoms with E-state index in [1.54, 1.807) is 12.3 Å². The van der Waals surface area contributed by atoms with Crippen LogP contribution in [0.3, 0.4) is 0 Å². The van der Waals surface area contributed by atoms with E-state index < -0.39 is 0 Å². The van der Waals surface area contributed by atoms with Gasteiger partial charge in [0.2, 0.25) is 5.43 Å². The maximum atomic E-state index is 12.9. The topological polar surface area (TPSA) is 60.3 Å². The van der Waals surface area contributed by atoms with Gasteiger partial charge in [-0.3, -0.25) is 9.59 Å². The van der Waals surface area contributed by atoms with Gasteiger partial charge in [0.25, 0.3) is 5.91 Å². The Balaban J connectivity index is 1.98. The van der Waals surface area contributed by atoms with Crippen molar-refractivity contribution in [3.05, 3.63) is 40.2 Å². The Morgan fingerprint density at radius 2 is 2.08 bits per heavy atom. The lowest BCUT2D eigenvalue weighted by Gasteiger charge is -2.28.